The van der Waals surface area contributed by atoms with Gasteiger partial charge in [-0.05, 0) is 38.7 Å². The number of alkyl halides is 3. The first-order valence-electron chi connectivity index (χ1n) is 7.88. The first-order chi connectivity index (χ1) is 11.5. The van der Waals surface area contributed by atoms with E-state index in [0.717, 1.165) is 5.01 Å². The van der Waals surface area contributed by atoms with E-state index in [1.54, 1.807) is 19.9 Å². The lowest BCUT2D eigenvalue weighted by Crippen LogP contribution is -2.50. The number of hydrogen-bond donors (Lipinski definition) is 1. The van der Waals surface area contributed by atoms with Gasteiger partial charge in [0.2, 0.25) is 5.91 Å². The summed E-state index contributed by atoms with van der Waals surface area (Å²) in [6.07, 6.45) is -4.20. The van der Waals surface area contributed by atoms with Crippen molar-refractivity contribution in [1.82, 2.24) is 10.4 Å². The molecule has 1 saturated heterocycles. The number of nitrogens with one attached hydrogen (secondary N) is 1. The third-order valence-corrected chi connectivity index (χ3v) is 4.24. The second-order valence-corrected chi connectivity index (χ2v) is 6.83. The summed E-state index contributed by atoms with van der Waals surface area (Å²) in [5.74, 6) is -0.430. The number of aryl methyl sites for hydroxylation is 1. The van der Waals surface area contributed by atoms with E-state index in [2.05, 4.69) is 5.43 Å². The van der Waals surface area contributed by atoms with Crippen LogP contribution in [0, 0.1) is 15.5 Å². The standard InChI is InChI=1S/C16H20F3N3O3/c1-15(2)10-21(20-14(15)23)13(16(17,18)19)8-4-6-11-5-3-7-12(9-11)22(24)25/h3,5,7,9,13H,4,6,8,10H2,1-2H3,(H,20,23). The molecule has 1 aromatic carbocycles. The molecule has 1 heterocycles. The van der Waals surface area contributed by atoms with Gasteiger partial charge in [-0.15, -0.1) is 0 Å². The fourth-order valence-electron chi connectivity index (χ4n) is 2.83. The maximum atomic E-state index is 13.4. The van der Waals surface area contributed by atoms with Gasteiger partial charge >= 0.3 is 6.18 Å². The maximum absolute atomic E-state index is 13.4. The number of nitro groups is 1. The van der Waals surface area contributed by atoms with Crippen molar-refractivity contribution in [2.45, 2.75) is 45.3 Å². The molecule has 2 rings (SSSR count). The molecule has 0 aliphatic carbocycles. The van der Waals surface area contributed by atoms with E-state index in [4.69, 9.17) is 0 Å². The van der Waals surface area contributed by atoms with Crippen LogP contribution in [-0.2, 0) is 11.2 Å². The van der Waals surface area contributed by atoms with Gasteiger partial charge in [0.25, 0.3) is 5.69 Å². The van der Waals surface area contributed by atoms with Gasteiger partial charge in [0.15, 0.2) is 0 Å². The lowest BCUT2D eigenvalue weighted by molar-refractivity contribution is -0.384. The largest absolute Gasteiger partial charge is 0.405 e. The van der Waals surface area contributed by atoms with E-state index in [1.807, 2.05) is 0 Å². The Labute approximate surface area is 143 Å². The number of benzene rings is 1. The zero-order chi connectivity index (χ0) is 18.8. The smallest absolute Gasteiger partial charge is 0.288 e. The molecule has 1 unspecified atom stereocenters. The van der Waals surface area contributed by atoms with E-state index < -0.39 is 28.5 Å². The summed E-state index contributed by atoms with van der Waals surface area (Å²) >= 11 is 0. The van der Waals surface area contributed by atoms with Crippen molar-refractivity contribution in [3.8, 4) is 0 Å². The molecule has 1 N–H and O–H groups in total. The van der Waals surface area contributed by atoms with Gasteiger partial charge in [0.1, 0.15) is 6.04 Å². The molecule has 0 saturated carbocycles. The number of halogens is 3. The van der Waals surface area contributed by atoms with Crippen LogP contribution in [0.4, 0.5) is 18.9 Å². The molecular formula is C16H20F3N3O3. The highest BCUT2D eigenvalue weighted by Gasteiger charge is 2.49. The summed E-state index contributed by atoms with van der Waals surface area (Å²) in [7, 11) is 0. The quantitative estimate of drug-likeness (QED) is 0.625. The molecule has 1 aliphatic heterocycles. The van der Waals surface area contributed by atoms with E-state index >= 15 is 0 Å². The number of amides is 1. The van der Waals surface area contributed by atoms with Crippen molar-refractivity contribution in [3.05, 3.63) is 39.9 Å². The molecule has 1 aromatic rings. The van der Waals surface area contributed by atoms with Crippen LogP contribution in [0.3, 0.4) is 0 Å². The summed E-state index contributed by atoms with van der Waals surface area (Å²) in [6.45, 7) is 3.17. The monoisotopic (exact) mass is 359 g/mol. The number of nitro benzene ring substituents is 1. The van der Waals surface area contributed by atoms with Gasteiger partial charge in [-0.2, -0.15) is 13.2 Å². The number of hydrazine groups is 1. The third-order valence-electron chi connectivity index (χ3n) is 4.24. The van der Waals surface area contributed by atoms with Crippen LogP contribution >= 0.6 is 0 Å². The lowest BCUT2D eigenvalue weighted by Gasteiger charge is -2.29. The summed E-state index contributed by atoms with van der Waals surface area (Å²) in [5, 5.41) is 11.7. The second kappa shape index (κ2) is 6.99. The fourth-order valence-corrected chi connectivity index (χ4v) is 2.83. The van der Waals surface area contributed by atoms with E-state index in [1.165, 1.54) is 18.2 Å². The Morgan fingerprint density at radius 2 is 2.08 bits per heavy atom. The zero-order valence-electron chi connectivity index (χ0n) is 14.0. The minimum Gasteiger partial charge on any atom is -0.288 e. The Kier molecular flexibility index (Phi) is 5.36. The van der Waals surface area contributed by atoms with Crippen LogP contribution in [0.1, 0.15) is 32.3 Å². The van der Waals surface area contributed by atoms with Crippen LogP contribution in [0.2, 0.25) is 0 Å². The summed E-state index contributed by atoms with van der Waals surface area (Å²) in [4.78, 5) is 22.0. The Morgan fingerprint density at radius 1 is 1.40 bits per heavy atom. The van der Waals surface area contributed by atoms with Crippen molar-refractivity contribution >= 4 is 11.6 Å². The average Bonchev–Trinajstić information content (AvgIpc) is 2.75. The van der Waals surface area contributed by atoms with Gasteiger partial charge in [-0.1, -0.05) is 12.1 Å². The number of non-ortho nitro benzene ring substituents is 1. The van der Waals surface area contributed by atoms with Gasteiger partial charge < -0.3 is 0 Å². The Bertz CT molecular complexity index is 662. The Morgan fingerprint density at radius 3 is 2.60 bits per heavy atom. The SMILES string of the molecule is CC1(C)CN(C(CCCc2cccc([N+](=O)[O-])c2)C(F)(F)F)NC1=O. The van der Waals surface area contributed by atoms with Crippen LogP contribution in [0.5, 0.6) is 0 Å². The number of carbonyl (C=O) groups excluding carboxylic acids is 1. The lowest BCUT2D eigenvalue weighted by atomic mass is 9.94. The van der Waals surface area contributed by atoms with Crippen LogP contribution in [0.15, 0.2) is 24.3 Å². The van der Waals surface area contributed by atoms with Crippen molar-refractivity contribution in [2.24, 2.45) is 5.41 Å². The molecule has 25 heavy (non-hydrogen) atoms. The average molecular weight is 359 g/mol. The van der Waals surface area contributed by atoms with Crippen molar-refractivity contribution in [2.75, 3.05) is 6.54 Å². The first kappa shape index (κ1) is 19.2. The van der Waals surface area contributed by atoms with E-state index in [9.17, 15) is 28.1 Å². The highest BCUT2D eigenvalue weighted by atomic mass is 19.4. The predicted octanol–water partition coefficient (Wildman–Crippen LogP) is 3.22. The molecular weight excluding hydrogens is 339 g/mol. The van der Waals surface area contributed by atoms with Crippen LogP contribution < -0.4 is 5.43 Å². The van der Waals surface area contributed by atoms with Gasteiger partial charge in [-0.3, -0.25) is 20.3 Å². The minimum absolute atomic E-state index is 0.0210. The van der Waals surface area contributed by atoms with Gasteiger partial charge in [0, 0.05) is 18.7 Å². The summed E-state index contributed by atoms with van der Waals surface area (Å²) in [6, 6.07) is 4.08. The number of carbonyl (C=O) groups is 1. The maximum Gasteiger partial charge on any atom is 0.405 e. The molecule has 0 spiro atoms. The molecule has 0 bridgehead atoms. The number of nitrogens with zero attached hydrogens (tertiary/aromatic N) is 2. The molecule has 9 heteroatoms. The molecule has 1 atom stereocenters. The molecule has 138 valence electrons. The fraction of sp³-hybridized carbons (Fsp3) is 0.562. The topological polar surface area (TPSA) is 75.5 Å². The van der Waals surface area contributed by atoms with Crippen molar-refractivity contribution < 1.29 is 22.9 Å². The number of rotatable bonds is 6. The predicted molar refractivity (Wildman–Crippen MR) is 84.5 cm³/mol. The molecule has 1 fully saturated rings. The van der Waals surface area contributed by atoms with Crippen molar-refractivity contribution in [3.63, 3.8) is 0 Å². The molecule has 0 radical (unpaired) electrons. The molecule has 0 aromatic heterocycles. The van der Waals surface area contributed by atoms with Crippen LogP contribution in [-0.4, -0.2) is 34.6 Å². The van der Waals surface area contributed by atoms with Gasteiger partial charge in [-0.25, -0.2) is 5.01 Å². The minimum atomic E-state index is -4.48. The molecule has 6 nitrogen and oxygen atoms in total. The van der Waals surface area contributed by atoms with Crippen molar-refractivity contribution in [1.29, 1.82) is 0 Å². The van der Waals surface area contributed by atoms with Gasteiger partial charge in [0.05, 0.1) is 10.3 Å². The van der Waals surface area contributed by atoms with E-state index in [0.29, 0.717) is 12.0 Å². The molecule has 1 aliphatic rings. The number of hydrogen-bond acceptors (Lipinski definition) is 4. The first-order valence-corrected chi connectivity index (χ1v) is 7.88. The Hall–Kier alpha value is -2.16. The van der Waals surface area contributed by atoms with Crippen LogP contribution in [0.25, 0.3) is 0 Å². The second-order valence-electron chi connectivity index (χ2n) is 6.83. The summed E-state index contributed by atoms with van der Waals surface area (Å²) in [5.41, 5.74) is 1.96. The highest BCUT2D eigenvalue weighted by molar-refractivity contribution is 5.83. The third kappa shape index (κ3) is 4.68. The normalized spacial score (nSPS) is 18.8. The molecule has 1 amide bonds. The zero-order valence-corrected chi connectivity index (χ0v) is 14.0. The van der Waals surface area contributed by atoms with E-state index in [-0.39, 0.29) is 25.1 Å². The highest BCUT2D eigenvalue weighted by Crippen LogP contribution is 2.33. The summed E-state index contributed by atoms with van der Waals surface area (Å²) < 4.78 is 40.1. The Balaban J connectivity index is 2.01.